The van der Waals surface area contributed by atoms with E-state index in [0.717, 1.165) is 0 Å². The fourth-order valence-electron chi connectivity index (χ4n) is 2.37. The maximum absolute atomic E-state index is 12.2. The summed E-state index contributed by atoms with van der Waals surface area (Å²) in [6.07, 6.45) is 0.611. The van der Waals surface area contributed by atoms with Gasteiger partial charge in [-0.3, -0.25) is 9.10 Å². The number of carbonyl (C=O) groups is 1. The Balaban J connectivity index is 1.79. The average molecular weight is 352 g/mol. The van der Waals surface area contributed by atoms with Crippen LogP contribution in [0.15, 0.2) is 29.6 Å². The van der Waals surface area contributed by atoms with E-state index in [1.807, 2.05) is 0 Å². The van der Waals surface area contributed by atoms with Gasteiger partial charge in [0.25, 0.3) is 5.91 Å². The van der Waals surface area contributed by atoms with Gasteiger partial charge in [-0.15, -0.1) is 11.3 Å². The second-order valence-corrected chi connectivity index (χ2v) is 8.03. The lowest BCUT2D eigenvalue weighted by molar-refractivity contribution is 0.102. The van der Waals surface area contributed by atoms with Crippen LogP contribution in [0.5, 0.6) is 0 Å². The highest BCUT2D eigenvalue weighted by Crippen LogP contribution is 2.26. The summed E-state index contributed by atoms with van der Waals surface area (Å²) in [4.78, 5) is 16.3. The molecule has 0 atom stereocenters. The molecule has 1 fully saturated rings. The van der Waals surface area contributed by atoms with E-state index in [1.54, 1.807) is 29.6 Å². The Bertz CT molecular complexity index is 832. The third kappa shape index (κ3) is 3.36. The zero-order chi connectivity index (χ0) is 16.4. The number of nitrogens with two attached hydrogens (primary N) is 1. The number of hydrogen-bond donors (Lipinski definition) is 2. The standard InChI is InChI=1S/C14H16N4O3S2/c15-8-13-17-12(9-22-13)14(19)16-10-3-1-4-11(7-10)18-5-2-6-23(18,20)21/h1,3-4,7,9H,2,5-6,8,15H2,(H,16,19). The minimum atomic E-state index is -3.24. The first-order valence-corrected chi connectivity index (χ1v) is 9.55. The molecular weight excluding hydrogens is 336 g/mol. The van der Waals surface area contributed by atoms with Gasteiger partial charge in [0.05, 0.1) is 11.4 Å². The van der Waals surface area contributed by atoms with E-state index in [0.29, 0.717) is 41.6 Å². The predicted octanol–water partition coefficient (Wildman–Crippen LogP) is 1.39. The van der Waals surface area contributed by atoms with Crippen molar-refractivity contribution in [2.24, 2.45) is 5.73 Å². The number of anilines is 2. The number of nitrogens with one attached hydrogen (secondary N) is 1. The molecule has 1 saturated heterocycles. The molecule has 3 rings (SSSR count). The molecule has 7 nitrogen and oxygen atoms in total. The number of rotatable bonds is 4. The predicted molar refractivity (Wildman–Crippen MR) is 90.2 cm³/mol. The molecule has 1 aliphatic rings. The molecule has 1 aliphatic heterocycles. The summed E-state index contributed by atoms with van der Waals surface area (Å²) in [5.74, 6) is -0.188. The van der Waals surface area contributed by atoms with Gasteiger partial charge in [0.1, 0.15) is 10.7 Å². The average Bonchev–Trinajstić information content (AvgIpc) is 3.13. The molecule has 1 amide bonds. The number of sulfonamides is 1. The fourth-order valence-corrected chi connectivity index (χ4v) is 4.58. The Morgan fingerprint density at radius 3 is 2.91 bits per heavy atom. The van der Waals surface area contributed by atoms with Crippen LogP contribution in [-0.4, -0.2) is 31.6 Å². The van der Waals surface area contributed by atoms with Crippen LogP contribution in [0.4, 0.5) is 11.4 Å². The van der Waals surface area contributed by atoms with Crippen LogP contribution in [0.3, 0.4) is 0 Å². The Kier molecular flexibility index (Phi) is 4.33. The van der Waals surface area contributed by atoms with E-state index < -0.39 is 10.0 Å². The van der Waals surface area contributed by atoms with Gasteiger partial charge in [0.2, 0.25) is 10.0 Å². The van der Waals surface area contributed by atoms with Gasteiger partial charge in [-0.25, -0.2) is 13.4 Å². The molecule has 1 aromatic heterocycles. The highest BCUT2D eigenvalue weighted by atomic mass is 32.2. The highest BCUT2D eigenvalue weighted by Gasteiger charge is 2.28. The molecule has 23 heavy (non-hydrogen) atoms. The Morgan fingerprint density at radius 1 is 1.43 bits per heavy atom. The topological polar surface area (TPSA) is 105 Å². The van der Waals surface area contributed by atoms with E-state index in [1.165, 1.54) is 15.6 Å². The summed E-state index contributed by atoms with van der Waals surface area (Å²) in [5, 5.41) is 5.06. The summed E-state index contributed by atoms with van der Waals surface area (Å²) >= 11 is 1.33. The molecule has 0 radical (unpaired) electrons. The van der Waals surface area contributed by atoms with Crippen molar-refractivity contribution in [2.75, 3.05) is 21.9 Å². The molecular formula is C14H16N4O3S2. The molecule has 3 N–H and O–H groups in total. The monoisotopic (exact) mass is 352 g/mol. The third-order valence-corrected chi connectivity index (χ3v) is 6.19. The summed E-state index contributed by atoms with van der Waals surface area (Å²) < 4.78 is 25.3. The molecule has 0 bridgehead atoms. The number of hydrogen-bond acceptors (Lipinski definition) is 6. The van der Waals surface area contributed by atoms with E-state index in [2.05, 4.69) is 10.3 Å². The number of aromatic nitrogens is 1. The van der Waals surface area contributed by atoms with Crippen molar-refractivity contribution in [1.82, 2.24) is 4.98 Å². The molecule has 0 aliphatic carbocycles. The SMILES string of the molecule is NCc1nc(C(=O)Nc2cccc(N3CCCS3(=O)=O)c2)cs1. The minimum absolute atomic E-state index is 0.157. The minimum Gasteiger partial charge on any atom is -0.325 e. The molecule has 2 aromatic rings. The first kappa shape index (κ1) is 15.9. The first-order valence-electron chi connectivity index (χ1n) is 7.06. The van der Waals surface area contributed by atoms with Crippen molar-refractivity contribution in [3.05, 3.63) is 40.3 Å². The number of carbonyl (C=O) groups excluding carboxylic acids is 1. The first-order chi connectivity index (χ1) is 11.0. The number of amides is 1. The largest absolute Gasteiger partial charge is 0.325 e. The lowest BCUT2D eigenvalue weighted by Gasteiger charge is -2.17. The number of thiazole rings is 1. The molecule has 122 valence electrons. The van der Waals surface area contributed by atoms with Crippen LogP contribution in [0.2, 0.25) is 0 Å². The molecule has 9 heteroatoms. The van der Waals surface area contributed by atoms with Crippen molar-refractivity contribution in [1.29, 1.82) is 0 Å². The number of benzene rings is 1. The second-order valence-electron chi connectivity index (χ2n) is 5.08. The van der Waals surface area contributed by atoms with E-state index in [4.69, 9.17) is 5.73 Å². The maximum atomic E-state index is 12.2. The zero-order valence-electron chi connectivity index (χ0n) is 12.2. The van der Waals surface area contributed by atoms with Crippen LogP contribution in [0.1, 0.15) is 21.9 Å². The van der Waals surface area contributed by atoms with Crippen molar-refractivity contribution >= 4 is 38.6 Å². The molecule has 2 heterocycles. The Hall–Kier alpha value is -1.97. The summed E-state index contributed by atoms with van der Waals surface area (Å²) in [6.45, 7) is 0.756. The quantitative estimate of drug-likeness (QED) is 0.865. The van der Waals surface area contributed by atoms with Gasteiger partial charge in [0, 0.05) is 24.2 Å². The van der Waals surface area contributed by atoms with Gasteiger partial charge in [-0.2, -0.15) is 0 Å². The lowest BCUT2D eigenvalue weighted by Crippen LogP contribution is -2.25. The fraction of sp³-hybridized carbons (Fsp3) is 0.286. The highest BCUT2D eigenvalue weighted by molar-refractivity contribution is 7.93. The van der Waals surface area contributed by atoms with Crippen molar-refractivity contribution < 1.29 is 13.2 Å². The smallest absolute Gasteiger partial charge is 0.275 e. The van der Waals surface area contributed by atoms with Gasteiger partial charge < -0.3 is 11.1 Å². The van der Waals surface area contributed by atoms with Gasteiger partial charge in [0.15, 0.2) is 0 Å². The molecule has 0 saturated carbocycles. The van der Waals surface area contributed by atoms with Gasteiger partial charge >= 0.3 is 0 Å². The molecule has 0 spiro atoms. The van der Waals surface area contributed by atoms with Crippen LogP contribution < -0.4 is 15.4 Å². The summed E-state index contributed by atoms with van der Waals surface area (Å²) in [6, 6.07) is 6.79. The van der Waals surface area contributed by atoms with Gasteiger partial charge in [-0.1, -0.05) is 6.07 Å². The van der Waals surface area contributed by atoms with Crippen molar-refractivity contribution in [3.8, 4) is 0 Å². The van der Waals surface area contributed by atoms with Crippen LogP contribution in [0, 0.1) is 0 Å². The second kappa shape index (κ2) is 6.26. The maximum Gasteiger partial charge on any atom is 0.275 e. The Morgan fingerprint density at radius 2 is 2.26 bits per heavy atom. The lowest BCUT2D eigenvalue weighted by atomic mass is 10.2. The normalized spacial score (nSPS) is 16.5. The van der Waals surface area contributed by atoms with Crippen LogP contribution >= 0.6 is 11.3 Å². The van der Waals surface area contributed by atoms with Crippen LogP contribution in [-0.2, 0) is 16.6 Å². The van der Waals surface area contributed by atoms with Crippen LogP contribution in [0.25, 0.3) is 0 Å². The zero-order valence-corrected chi connectivity index (χ0v) is 13.9. The summed E-state index contributed by atoms with van der Waals surface area (Å²) in [7, 11) is -3.24. The Labute approximate surface area is 138 Å². The van der Waals surface area contributed by atoms with Gasteiger partial charge in [-0.05, 0) is 24.6 Å². The number of nitrogens with zero attached hydrogens (tertiary/aromatic N) is 2. The summed E-state index contributed by atoms with van der Waals surface area (Å²) in [5.41, 5.74) is 6.87. The van der Waals surface area contributed by atoms with Crippen molar-refractivity contribution in [2.45, 2.75) is 13.0 Å². The molecule has 0 unspecified atom stereocenters. The van der Waals surface area contributed by atoms with E-state index in [-0.39, 0.29) is 11.7 Å². The molecule has 1 aromatic carbocycles. The van der Waals surface area contributed by atoms with E-state index in [9.17, 15) is 13.2 Å². The van der Waals surface area contributed by atoms with Crippen molar-refractivity contribution in [3.63, 3.8) is 0 Å². The van der Waals surface area contributed by atoms with E-state index >= 15 is 0 Å². The third-order valence-electron chi connectivity index (χ3n) is 3.45.